The first-order valence-electron chi connectivity index (χ1n) is 7.13. The predicted molar refractivity (Wildman–Crippen MR) is 102 cm³/mol. The zero-order chi connectivity index (χ0) is 17.4. The average Bonchev–Trinajstić information content (AvgIpc) is 2.87. The molecule has 0 spiro atoms. The fraction of sp³-hybridized carbons (Fsp3) is 0.111. The lowest BCUT2D eigenvalue weighted by Gasteiger charge is -2.09. The van der Waals surface area contributed by atoms with Crippen LogP contribution in [0.15, 0.2) is 42.5 Å². The third-order valence-corrected chi connectivity index (χ3v) is 4.86. The molecule has 0 atom stereocenters. The van der Waals surface area contributed by atoms with E-state index in [2.05, 4.69) is 22.6 Å². The number of rotatable bonds is 2. The number of carbonyl (C=O) groups is 2. The Morgan fingerprint density at radius 1 is 1.17 bits per heavy atom. The number of aromatic nitrogens is 1. The van der Waals surface area contributed by atoms with Crippen LogP contribution in [0, 0.1) is 10.5 Å². The van der Waals surface area contributed by atoms with E-state index in [0.717, 1.165) is 3.57 Å². The summed E-state index contributed by atoms with van der Waals surface area (Å²) >= 11 is 8.34. The molecule has 4 nitrogen and oxygen atoms in total. The fourth-order valence-electron chi connectivity index (χ4n) is 2.77. The molecule has 0 aliphatic carbocycles. The highest BCUT2D eigenvalue weighted by Gasteiger charge is 2.25. The maximum absolute atomic E-state index is 13.1. The Kier molecular flexibility index (Phi) is 4.64. The Labute approximate surface area is 157 Å². The van der Waals surface area contributed by atoms with Gasteiger partial charge in [-0.15, -0.1) is 0 Å². The van der Waals surface area contributed by atoms with Crippen molar-refractivity contribution in [2.45, 2.75) is 6.92 Å². The third kappa shape index (κ3) is 2.71. The van der Waals surface area contributed by atoms with Crippen LogP contribution in [0.3, 0.4) is 0 Å². The first kappa shape index (κ1) is 17.0. The van der Waals surface area contributed by atoms with Crippen molar-refractivity contribution in [2.75, 3.05) is 7.11 Å². The summed E-state index contributed by atoms with van der Waals surface area (Å²) in [6.45, 7) is 1.73. The molecular weight excluding hydrogens is 441 g/mol. The van der Waals surface area contributed by atoms with E-state index >= 15 is 0 Å². The molecule has 0 bridgehead atoms. The number of ether oxygens (including phenoxy) is 1. The minimum absolute atomic E-state index is 0.276. The van der Waals surface area contributed by atoms with Gasteiger partial charge in [-0.1, -0.05) is 29.8 Å². The van der Waals surface area contributed by atoms with Crippen LogP contribution in [0.1, 0.15) is 26.4 Å². The van der Waals surface area contributed by atoms with E-state index in [9.17, 15) is 9.59 Å². The summed E-state index contributed by atoms with van der Waals surface area (Å²) in [5.41, 5.74) is 1.96. The Morgan fingerprint density at radius 3 is 2.58 bits per heavy atom. The van der Waals surface area contributed by atoms with E-state index in [4.69, 9.17) is 16.3 Å². The Bertz CT molecular complexity index is 978. The second kappa shape index (κ2) is 6.57. The summed E-state index contributed by atoms with van der Waals surface area (Å²) in [4.78, 5) is 25.3. The van der Waals surface area contributed by atoms with Gasteiger partial charge >= 0.3 is 5.97 Å². The van der Waals surface area contributed by atoms with Gasteiger partial charge in [-0.25, -0.2) is 4.79 Å². The molecule has 1 heterocycles. The number of methoxy groups -OCH3 is 1. The van der Waals surface area contributed by atoms with Crippen LogP contribution in [0.25, 0.3) is 10.9 Å². The number of hydrogen-bond donors (Lipinski definition) is 0. The largest absolute Gasteiger partial charge is 0.465 e. The summed E-state index contributed by atoms with van der Waals surface area (Å²) < 4.78 is 7.29. The molecule has 3 aromatic rings. The van der Waals surface area contributed by atoms with Crippen LogP contribution in [0.2, 0.25) is 5.02 Å². The normalized spacial score (nSPS) is 10.8. The molecular formula is C18H13ClINO3. The maximum atomic E-state index is 13.1. The van der Waals surface area contributed by atoms with Gasteiger partial charge in [0.05, 0.1) is 28.8 Å². The standard InChI is InChI=1S/C18H13ClINO3/c1-10-16(18(23)24-2)12-5-3-4-6-15(12)21(10)17(22)13-9-11(20)7-8-14(13)19/h3-9H,1-2H3. The van der Waals surface area contributed by atoms with E-state index in [1.54, 1.807) is 31.2 Å². The number of carbonyl (C=O) groups excluding carboxylic acids is 2. The summed E-state index contributed by atoms with van der Waals surface area (Å²) in [6, 6.07) is 12.5. The third-order valence-electron chi connectivity index (χ3n) is 3.86. The predicted octanol–water partition coefficient (Wildman–Crippen LogP) is 4.68. The minimum atomic E-state index is -0.469. The molecule has 24 heavy (non-hydrogen) atoms. The average molecular weight is 454 g/mol. The van der Waals surface area contributed by atoms with Gasteiger partial charge in [0, 0.05) is 14.7 Å². The summed E-state index contributed by atoms with van der Waals surface area (Å²) in [6.07, 6.45) is 0. The lowest BCUT2D eigenvalue weighted by molar-refractivity contribution is 0.0602. The monoisotopic (exact) mass is 453 g/mol. The maximum Gasteiger partial charge on any atom is 0.340 e. The number of nitrogens with zero attached hydrogens (tertiary/aromatic N) is 1. The SMILES string of the molecule is COC(=O)c1c(C)n(C(=O)c2cc(I)ccc2Cl)c2ccccc12. The zero-order valence-electron chi connectivity index (χ0n) is 13.0. The van der Waals surface area contributed by atoms with Gasteiger partial charge in [-0.05, 0) is 53.8 Å². The van der Waals surface area contributed by atoms with Crippen LogP contribution < -0.4 is 0 Å². The van der Waals surface area contributed by atoms with E-state index in [1.165, 1.54) is 11.7 Å². The highest BCUT2D eigenvalue weighted by molar-refractivity contribution is 14.1. The summed E-state index contributed by atoms with van der Waals surface area (Å²) in [5.74, 6) is -0.744. The molecule has 0 N–H and O–H groups in total. The fourth-order valence-corrected chi connectivity index (χ4v) is 3.46. The molecule has 1 aromatic heterocycles. The van der Waals surface area contributed by atoms with Crippen LogP contribution >= 0.6 is 34.2 Å². The zero-order valence-corrected chi connectivity index (χ0v) is 15.9. The lowest BCUT2D eigenvalue weighted by Crippen LogP contribution is -2.15. The lowest BCUT2D eigenvalue weighted by atomic mass is 10.1. The van der Waals surface area contributed by atoms with Crippen LogP contribution in [0.5, 0.6) is 0 Å². The first-order chi connectivity index (χ1) is 11.5. The topological polar surface area (TPSA) is 48.3 Å². The molecule has 122 valence electrons. The molecule has 0 fully saturated rings. The van der Waals surface area contributed by atoms with Crippen molar-refractivity contribution in [3.63, 3.8) is 0 Å². The molecule has 0 radical (unpaired) electrons. The van der Waals surface area contributed by atoms with Crippen LogP contribution in [0.4, 0.5) is 0 Å². The summed E-state index contributed by atoms with van der Waals surface area (Å²) in [7, 11) is 1.33. The first-order valence-corrected chi connectivity index (χ1v) is 8.59. The quantitative estimate of drug-likeness (QED) is 0.418. The van der Waals surface area contributed by atoms with Gasteiger partial charge in [-0.3, -0.25) is 9.36 Å². The highest BCUT2D eigenvalue weighted by atomic mass is 127. The Hall–Kier alpha value is -1.86. The molecule has 2 aromatic carbocycles. The van der Waals surface area contributed by atoms with E-state index in [-0.39, 0.29) is 5.91 Å². The van der Waals surface area contributed by atoms with Gasteiger partial charge in [0.1, 0.15) is 0 Å². The van der Waals surface area contributed by atoms with Gasteiger partial charge in [-0.2, -0.15) is 0 Å². The van der Waals surface area contributed by atoms with Crippen molar-refractivity contribution in [1.82, 2.24) is 4.57 Å². The molecule has 0 saturated heterocycles. The van der Waals surface area contributed by atoms with E-state index in [0.29, 0.717) is 32.7 Å². The van der Waals surface area contributed by atoms with Crippen molar-refractivity contribution >= 4 is 57.0 Å². The molecule has 0 aliphatic rings. The molecule has 6 heteroatoms. The van der Waals surface area contributed by atoms with Crippen molar-refractivity contribution in [3.8, 4) is 0 Å². The Morgan fingerprint density at radius 2 is 1.88 bits per heavy atom. The molecule has 0 saturated carbocycles. The Balaban J connectivity index is 2.30. The van der Waals surface area contributed by atoms with Crippen molar-refractivity contribution in [3.05, 3.63) is 67.9 Å². The second-order valence-electron chi connectivity index (χ2n) is 5.23. The van der Waals surface area contributed by atoms with Gasteiger partial charge < -0.3 is 4.74 Å². The number of hydrogen-bond acceptors (Lipinski definition) is 3. The smallest absolute Gasteiger partial charge is 0.340 e. The van der Waals surface area contributed by atoms with Crippen LogP contribution in [-0.2, 0) is 4.74 Å². The number of para-hydroxylation sites is 1. The number of halogens is 2. The van der Waals surface area contributed by atoms with Gasteiger partial charge in [0.15, 0.2) is 0 Å². The van der Waals surface area contributed by atoms with Gasteiger partial charge in [0.2, 0.25) is 0 Å². The number of esters is 1. The minimum Gasteiger partial charge on any atom is -0.465 e. The number of fused-ring (bicyclic) bond motifs is 1. The van der Waals surface area contributed by atoms with Gasteiger partial charge in [0.25, 0.3) is 5.91 Å². The molecule has 0 unspecified atom stereocenters. The van der Waals surface area contributed by atoms with E-state index < -0.39 is 5.97 Å². The van der Waals surface area contributed by atoms with E-state index in [1.807, 2.05) is 18.2 Å². The van der Waals surface area contributed by atoms with Crippen molar-refractivity contribution in [1.29, 1.82) is 0 Å². The number of benzene rings is 2. The second-order valence-corrected chi connectivity index (χ2v) is 6.89. The highest BCUT2D eigenvalue weighted by Crippen LogP contribution is 2.29. The molecule has 3 rings (SSSR count). The van der Waals surface area contributed by atoms with Crippen molar-refractivity contribution < 1.29 is 14.3 Å². The van der Waals surface area contributed by atoms with Crippen LogP contribution in [-0.4, -0.2) is 23.6 Å². The molecule has 0 amide bonds. The molecule has 0 aliphatic heterocycles. The van der Waals surface area contributed by atoms with Crippen molar-refractivity contribution in [2.24, 2.45) is 0 Å². The summed E-state index contributed by atoms with van der Waals surface area (Å²) in [5, 5.41) is 1.05.